The minimum atomic E-state index is -0.340. The summed E-state index contributed by atoms with van der Waals surface area (Å²) >= 11 is 0. The number of carbonyl (C=O) groups is 2. The normalized spacial score (nSPS) is 10.9. The Hall–Kier alpha value is -2.89. The van der Waals surface area contributed by atoms with Crippen LogP contribution >= 0.6 is 0 Å². The third kappa shape index (κ3) is 5.43. The summed E-state index contributed by atoms with van der Waals surface area (Å²) in [6.45, 7) is 3.96. The lowest BCUT2D eigenvalue weighted by molar-refractivity contribution is -0.116. The maximum absolute atomic E-state index is 11.9. The minimum Gasteiger partial charge on any atom is -0.463 e. The molecule has 0 aliphatic carbocycles. The Bertz CT molecular complexity index is 674. The molecule has 2 rings (SSSR count). The van der Waals surface area contributed by atoms with Crippen LogP contribution in [-0.4, -0.2) is 18.0 Å². The molecule has 0 unspecified atom stereocenters. The molecule has 2 aromatic rings. The Morgan fingerprint density at radius 2 is 1.96 bits per heavy atom. The Labute approximate surface area is 134 Å². The van der Waals surface area contributed by atoms with Crippen LogP contribution in [0.15, 0.2) is 52.2 Å². The van der Waals surface area contributed by atoms with Gasteiger partial charge in [0, 0.05) is 17.7 Å². The first kappa shape index (κ1) is 16.5. The zero-order chi connectivity index (χ0) is 16.7. The molecule has 2 N–H and O–H groups in total. The van der Waals surface area contributed by atoms with E-state index in [1.165, 1.54) is 12.5 Å². The molecule has 1 heterocycles. The quantitative estimate of drug-likeness (QED) is 0.635. The van der Waals surface area contributed by atoms with E-state index in [9.17, 15) is 9.59 Å². The van der Waals surface area contributed by atoms with E-state index >= 15 is 0 Å². The highest BCUT2D eigenvalue weighted by Gasteiger charge is 2.07. The summed E-state index contributed by atoms with van der Waals surface area (Å²) in [6.07, 6.45) is 3.40. The summed E-state index contributed by atoms with van der Waals surface area (Å²) < 4.78 is 5.06. The molecule has 0 aliphatic heterocycles. The van der Waals surface area contributed by atoms with Crippen LogP contribution in [0.4, 0.5) is 5.69 Å². The molecule has 23 heavy (non-hydrogen) atoms. The van der Waals surface area contributed by atoms with Crippen molar-refractivity contribution in [2.75, 3.05) is 5.32 Å². The molecule has 120 valence electrons. The summed E-state index contributed by atoms with van der Waals surface area (Å²) in [5.41, 5.74) is 3.51. The number of nitrogens with zero attached hydrogens (tertiary/aromatic N) is 1. The van der Waals surface area contributed by atoms with E-state index in [1.54, 1.807) is 36.4 Å². The second kappa shape index (κ2) is 7.93. The lowest BCUT2D eigenvalue weighted by Gasteiger charge is -2.07. The molecule has 2 amide bonds. The second-order valence-corrected chi connectivity index (χ2v) is 5.44. The number of carbonyl (C=O) groups excluding carboxylic acids is 2. The molecule has 0 bridgehead atoms. The average molecular weight is 313 g/mol. The molecule has 0 spiro atoms. The number of hydrogen-bond acceptors (Lipinski definition) is 4. The van der Waals surface area contributed by atoms with Gasteiger partial charge in [-0.25, -0.2) is 5.43 Å². The van der Waals surface area contributed by atoms with Gasteiger partial charge in [0.25, 0.3) is 5.91 Å². The van der Waals surface area contributed by atoms with Crippen molar-refractivity contribution in [3.05, 3.63) is 54.0 Å². The first-order valence-corrected chi connectivity index (χ1v) is 7.31. The third-order valence-corrected chi connectivity index (χ3v) is 2.93. The van der Waals surface area contributed by atoms with E-state index in [0.29, 0.717) is 29.3 Å². The fraction of sp³-hybridized carbons (Fsp3) is 0.235. The number of benzene rings is 1. The van der Waals surface area contributed by atoms with Crippen molar-refractivity contribution in [3.63, 3.8) is 0 Å². The first-order valence-electron chi connectivity index (χ1n) is 7.31. The molecule has 0 aliphatic rings. The number of anilines is 1. The van der Waals surface area contributed by atoms with E-state index < -0.39 is 0 Å². The Morgan fingerprint density at radius 1 is 1.22 bits per heavy atom. The molecule has 0 saturated carbocycles. The van der Waals surface area contributed by atoms with Crippen LogP contribution in [0, 0.1) is 5.92 Å². The van der Waals surface area contributed by atoms with Crippen molar-refractivity contribution in [1.29, 1.82) is 0 Å². The van der Waals surface area contributed by atoms with Gasteiger partial charge in [-0.3, -0.25) is 9.59 Å². The lowest BCUT2D eigenvalue weighted by atomic mass is 10.1. The maximum Gasteiger partial charge on any atom is 0.271 e. The van der Waals surface area contributed by atoms with E-state index in [2.05, 4.69) is 15.8 Å². The van der Waals surface area contributed by atoms with E-state index in [0.717, 1.165) is 0 Å². The van der Waals surface area contributed by atoms with Crippen molar-refractivity contribution < 1.29 is 14.0 Å². The van der Waals surface area contributed by atoms with E-state index in [-0.39, 0.29) is 11.8 Å². The number of amides is 2. The SMILES string of the molecule is CC(C)CC(=O)Nc1ccc(C(=O)N/N=C/c2ccco2)cc1. The van der Waals surface area contributed by atoms with Crippen LogP contribution in [0.1, 0.15) is 36.4 Å². The molecule has 1 aromatic carbocycles. The fourth-order valence-electron chi connectivity index (χ4n) is 1.87. The lowest BCUT2D eigenvalue weighted by Crippen LogP contribution is -2.18. The van der Waals surface area contributed by atoms with Crippen molar-refractivity contribution in [2.45, 2.75) is 20.3 Å². The number of rotatable bonds is 6. The molecular weight excluding hydrogens is 294 g/mol. The van der Waals surface area contributed by atoms with Gasteiger partial charge in [-0.2, -0.15) is 5.10 Å². The average Bonchev–Trinajstić information content (AvgIpc) is 3.00. The predicted molar refractivity (Wildman–Crippen MR) is 88.3 cm³/mol. The van der Waals surface area contributed by atoms with Crippen LogP contribution in [0.25, 0.3) is 0 Å². The molecule has 1 aromatic heterocycles. The van der Waals surface area contributed by atoms with Gasteiger partial charge in [-0.05, 0) is 42.3 Å². The summed E-state index contributed by atoms with van der Waals surface area (Å²) in [5.74, 6) is 0.466. The van der Waals surface area contributed by atoms with Gasteiger partial charge < -0.3 is 9.73 Å². The molecular formula is C17H19N3O3. The maximum atomic E-state index is 11.9. The van der Waals surface area contributed by atoms with Crippen molar-refractivity contribution in [2.24, 2.45) is 11.0 Å². The largest absolute Gasteiger partial charge is 0.463 e. The van der Waals surface area contributed by atoms with Gasteiger partial charge in [0.05, 0.1) is 12.5 Å². The smallest absolute Gasteiger partial charge is 0.271 e. The number of hydrogen-bond donors (Lipinski definition) is 2. The molecule has 0 radical (unpaired) electrons. The zero-order valence-electron chi connectivity index (χ0n) is 13.1. The third-order valence-electron chi connectivity index (χ3n) is 2.93. The van der Waals surface area contributed by atoms with Crippen LogP contribution in [0.3, 0.4) is 0 Å². The Morgan fingerprint density at radius 3 is 2.57 bits per heavy atom. The van der Waals surface area contributed by atoms with Gasteiger partial charge in [0.1, 0.15) is 5.76 Å². The molecule has 6 heteroatoms. The van der Waals surface area contributed by atoms with E-state index in [4.69, 9.17) is 4.42 Å². The summed E-state index contributed by atoms with van der Waals surface area (Å²) in [5, 5.41) is 6.59. The second-order valence-electron chi connectivity index (χ2n) is 5.44. The number of hydrazone groups is 1. The molecule has 0 saturated heterocycles. The van der Waals surface area contributed by atoms with Crippen LogP contribution in [-0.2, 0) is 4.79 Å². The number of nitrogens with one attached hydrogen (secondary N) is 2. The van der Waals surface area contributed by atoms with Crippen molar-refractivity contribution in [1.82, 2.24) is 5.43 Å². The van der Waals surface area contributed by atoms with Crippen molar-refractivity contribution >= 4 is 23.7 Å². The Kier molecular flexibility index (Phi) is 5.68. The van der Waals surface area contributed by atoms with Gasteiger partial charge in [0.15, 0.2) is 0 Å². The zero-order valence-corrected chi connectivity index (χ0v) is 13.1. The highest BCUT2D eigenvalue weighted by atomic mass is 16.3. The topological polar surface area (TPSA) is 83.7 Å². The Balaban J connectivity index is 1.88. The summed E-state index contributed by atoms with van der Waals surface area (Å²) in [4.78, 5) is 23.6. The molecule has 0 fully saturated rings. The fourth-order valence-corrected chi connectivity index (χ4v) is 1.87. The van der Waals surface area contributed by atoms with Crippen LogP contribution in [0.2, 0.25) is 0 Å². The predicted octanol–water partition coefficient (Wildman–Crippen LogP) is 3.03. The summed E-state index contributed by atoms with van der Waals surface area (Å²) in [6, 6.07) is 10.1. The number of furan rings is 1. The van der Waals surface area contributed by atoms with E-state index in [1.807, 2.05) is 13.8 Å². The minimum absolute atomic E-state index is 0.0414. The monoisotopic (exact) mass is 313 g/mol. The molecule has 6 nitrogen and oxygen atoms in total. The van der Waals surface area contributed by atoms with Gasteiger partial charge in [-0.1, -0.05) is 13.8 Å². The highest BCUT2D eigenvalue weighted by Crippen LogP contribution is 2.11. The van der Waals surface area contributed by atoms with Gasteiger partial charge in [-0.15, -0.1) is 0 Å². The highest BCUT2D eigenvalue weighted by molar-refractivity contribution is 5.96. The van der Waals surface area contributed by atoms with Gasteiger partial charge >= 0.3 is 0 Å². The van der Waals surface area contributed by atoms with Crippen LogP contribution < -0.4 is 10.7 Å². The standard InChI is InChI=1S/C17H19N3O3/c1-12(2)10-16(21)19-14-7-5-13(6-8-14)17(22)20-18-11-15-4-3-9-23-15/h3-9,11-12H,10H2,1-2H3,(H,19,21)(H,20,22)/b18-11+. The van der Waals surface area contributed by atoms with Gasteiger partial charge in [0.2, 0.25) is 5.91 Å². The molecule has 0 atom stereocenters. The first-order chi connectivity index (χ1) is 11.0. The van der Waals surface area contributed by atoms with Crippen LogP contribution in [0.5, 0.6) is 0 Å². The van der Waals surface area contributed by atoms with Crippen molar-refractivity contribution in [3.8, 4) is 0 Å². The summed E-state index contributed by atoms with van der Waals surface area (Å²) in [7, 11) is 0.